The number of benzene rings is 1. The molecule has 35 heavy (non-hydrogen) atoms. The lowest BCUT2D eigenvalue weighted by Crippen LogP contribution is -2.28. The van der Waals surface area contributed by atoms with E-state index in [1.807, 2.05) is 46.8 Å². The minimum absolute atomic E-state index is 0.0426. The number of carbonyl (C=O) groups excluding carboxylic acids is 1. The third kappa shape index (κ3) is 3.96. The highest BCUT2D eigenvalue weighted by atomic mass is 16.6. The van der Waals surface area contributed by atoms with Gasteiger partial charge >= 0.3 is 6.09 Å². The van der Waals surface area contributed by atoms with Crippen molar-refractivity contribution in [1.82, 2.24) is 14.7 Å². The molecule has 1 N–H and O–H groups in total. The number of rotatable bonds is 4. The Morgan fingerprint density at radius 3 is 2.51 bits per heavy atom. The Bertz CT molecular complexity index is 1300. The van der Waals surface area contributed by atoms with Gasteiger partial charge in [-0.15, -0.1) is 0 Å². The Hall–Kier alpha value is -2.71. The maximum atomic E-state index is 13.4. The number of hydrogen-bond acceptors (Lipinski definition) is 7. The molecule has 1 saturated heterocycles. The van der Waals surface area contributed by atoms with Crippen molar-refractivity contribution in [1.29, 1.82) is 0 Å². The highest BCUT2D eigenvalue weighted by Crippen LogP contribution is 2.52. The third-order valence-corrected chi connectivity index (χ3v) is 7.42. The number of aromatic nitrogens is 3. The van der Waals surface area contributed by atoms with Gasteiger partial charge in [-0.1, -0.05) is 5.16 Å². The van der Waals surface area contributed by atoms with Gasteiger partial charge in [0.25, 0.3) is 0 Å². The van der Waals surface area contributed by atoms with E-state index in [0.717, 1.165) is 55.3 Å². The molecular weight excluding hydrogens is 446 g/mol. The summed E-state index contributed by atoms with van der Waals surface area (Å²) in [6.07, 6.45) is 4.26. The summed E-state index contributed by atoms with van der Waals surface area (Å²) in [6, 6.07) is 3.91. The number of hydrogen-bond donors (Lipinski definition) is 1. The first kappa shape index (κ1) is 22.7. The van der Waals surface area contributed by atoms with Crippen molar-refractivity contribution in [2.45, 2.75) is 102 Å². The highest BCUT2D eigenvalue weighted by molar-refractivity contribution is 5.93. The van der Waals surface area contributed by atoms with Gasteiger partial charge in [-0.2, -0.15) is 0 Å². The Kier molecular flexibility index (Phi) is 4.96. The highest BCUT2D eigenvalue weighted by Gasteiger charge is 2.51. The van der Waals surface area contributed by atoms with E-state index in [1.165, 1.54) is 0 Å². The lowest BCUT2D eigenvalue weighted by Gasteiger charge is -2.22. The summed E-state index contributed by atoms with van der Waals surface area (Å²) >= 11 is 0. The van der Waals surface area contributed by atoms with E-state index in [2.05, 4.69) is 5.16 Å². The molecule has 3 aromatic rings. The van der Waals surface area contributed by atoms with Crippen LogP contribution in [0.3, 0.4) is 0 Å². The smallest absolute Gasteiger partial charge is 0.420 e. The molecule has 3 heterocycles. The lowest BCUT2D eigenvalue weighted by atomic mass is 9.95. The zero-order valence-electron chi connectivity index (χ0n) is 21.1. The van der Waals surface area contributed by atoms with Crippen molar-refractivity contribution in [2.24, 2.45) is 0 Å². The molecular formula is C27H33N3O5. The van der Waals surface area contributed by atoms with Crippen molar-refractivity contribution >= 4 is 17.1 Å². The molecule has 3 aliphatic rings. The van der Waals surface area contributed by atoms with E-state index in [-0.39, 0.29) is 17.6 Å². The Labute approximate surface area is 204 Å². The summed E-state index contributed by atoms with van der Waals surface area (Å²) in [4.78, 5) is 18.4. The van der Waals surface area contributed by atoms with Crippen molar-refractivity contribution < 1.29 is 23.9 Å². The van der Waals surface area contributed by atoms with Crippen LogP contribution in [-0.2, 0) is 9.47 Å². The van der Waals surface area contributed by atoms with E-state index in [4.69, 9.17) is 19.0 Å². The molecule has 2 saturated carbocycles. The van der Waals surface area contributed by atoms with Crippen LogP contribution < -0.4 is 0 Å². The number of ether oxygens (including phenoxy) is 2. The second-order valence-electron chi connectivity index (χ2n) is 11.5. The second kappa shape index (κ2) is 7.64. The molecule has 1 unspecified atom stereocenters. The number of nitrogens with zero attached hydrogens (tertiary/aromatic N) is 3. The summed E-state index contributed by atoms with van der Waals surface area (Å²) in [6.45, 7) is 9.33. The molecule has 0 amide bonds. The number of carbonyl (C=O) groups is 1. The molecule has 0 radical (unpaired) electrons. The summed E-state index contributed by atoms with van der Waals surface area (Å²) in [5.41, 5.74) is 3.68. The average Bonchev–Trinajstić information content (AvgIpc) is 3.64. The first-order valence-electron chi connectivity index (χ1n) is 12.6. The third-order valence-electron chi connectivity index (χ3n) is 7.42. The van der Waals surface area contributed by atoms with Gasteiger partial charge < -0.3 is 19.1 Å². The second-order valence-corrected chi connectivity index (χ2v) is 11.5. The maximum Gasteiger partial charge on any atom is 0.420 e. The molecule has 1 spiro atoms. The topological polar surface area (TPSA) is 99.6 Å². The van der Waals surface area contributed by atoms with Crippen LogP contribution in [0, 0.1) is 13.8 Å². The van der Waals surface area contributed by atoms with Gasteiger partial charge in [0, 0.05) is 17.0 Å². The number of aliphatic hydroxyl groups excluding tert-OH is 1. The molecule has 2 aromatic heterocycles. The quantitative estimate of drug-likeness (QED) is 0.511. The predicted octanol–water partition coefficient (Wildman–Crippen LogP) is 5.71. The fourth-order valence-electron chi connectivity index (χ4n) is 5.38. The zero-order valence-corrected chi connectivity index (χ0v) is 21.1. The van der Waals surface area contributed by atoms with Gasteiger partial charge in [0.2, 0.25) is 0 Å². The monoisotopic (exact) mass is 479 g/mol. The number of imidazole rings is 1. The average molecular weight is 480 g/mol. The van der Waals surface area contributed by atoms with Crippen molar-refractivity contribution in [3.05, 3.63) is 35.0 Å². The lowest BCUT2D eigenvalue weighted by molar-refractivity contribution is -0.0452. The van der Waals surface area contributed by atoms with Crippen molar-refractivity contribution in [2.75, 3.05) is 0 Å². The summed E-state index contributed by atoms with van der Waals surface area (Å²) in [5, 5.41) is 15.7. The number of aliphatic hydroxyl groups is 1. The van der Waals surface area contributed by atoms with Crippen LogP contribution in [0.25, 0.3) is 22.2 Å². The molecule has 1 aromatic carbocycles. The van der Waals surface area contributed by atoms with Crippen LogP contribution in [0.15, 0.2) is 16.7 Å². The molecule has 2 aliphatic carbocycles. The zero-order chi connectivity index (χ0) is 24.7. The van der Waals surface area contributed by atoms with E-state index in [9.17, 15) is 9.90 Å². The van der Waals surface area contributed by atoms with Gasteiger partial charge in [-0.05, 0) is 90.8 Å². The molecule has 8 heteroatoms. The van der Waals surface area contributed by atoms with Crippen molar-refractivity contribution in [3.63, 3.8) is 0 Å². The van der Waals surface area contributed by atoms with E-state index in [1.54, 1.807) is 4.57 Å². The van der Waals surface area contributed by atoms with Crippen LogP contribution in [0.2, 0.25) is 0 Å². The first-order valence-corrected chi connectivity index (χ1v) is 12.6. The molecule has 2 atom stereocenters. The van der Waals surface area contributed by atoms with E-state index >= 15 is 0 Å². The normalized spacial score (nSPS) is 22.2. The van der Waals surface area contributed by atoms with Crippen LogP contribution in [0.4, 0.5) is 4.79 Å². The van der Waals surface area contributed by atoms with Gasteiger partial charge in [-0.3, -0.25) is 0 Å². The largest absolute Gasteiger partial charge is 0.443 e. The van der Waals surface area contributed by atoms with Crippen molar-refractivity contribution in [3.8, 4) is 11.1 Å². The Balaban J connectivity index is 1.55. The molecule has 6 rings (SSSR count). The first-order chi connectivity index (χ1) is 16.6. The minimum Gasteiger partial charge on any atom is -0.443 e. The van der Waals surface area contributed by atoms with Crippen LogP contribution in [0.5, 0.6) is 0 Å². The van der Waals surface area contributed by atoms with Gasteiger partial charge in [0.1, 0.15) is 23.3 Å². The molecule has 0 bridgehead atoms. The van der Waals surface area contributed by atoms with E-state index in [0.29, 0.717) is 28.2 Å². The summed E-state index contributed by atoms with van der Waals surface area (Å²) < 4.78 is 19.1. The number of fused-ring (bicyclic) bond motifs is 1. The Morgan fingerprint density at radius 1 is 1.20 bits per heavy atom. The van der Waals surface area contributed by atoms with Crippen LogP contribution in [0.1, 0.15) is 94.2 Å². The fourth-order valence-corrected chi connectivity index (χ4v) is 5.38. The maximum absolute atomic E-state index is 13.4. The predicted molar refractivity (Wildman–Crippen MR) is 129 cm³/mol. The minimum atomic E-state index is -0.855. The molecule has 3 fully saturated rings. The fraction of sp³-hybridized carbons (Fsp3) is 0.593. The Morgan fingerprint density at radius 2 is 1.94 bits per heavy atom. The standard InChI is InChI=1S/C27H33N3O5/c1-14-21(15(2)35-29-14)17-12-18(23(31)20-8-9-27(33-20)10-11-27)22-19(13-17)30(24(28-22)16-6-7-16)25(32)34-26(3,4)5/h12-13,16,20,23,31H,6-11H2,1-5H3/t20-,23?/m0/s1. The summed E-state index contributed by atoms with van der Waals surface area (Å²) in [7, 11) is 0. The summed E-state index contributed by atoms with van der Waals surface area (Å²) in [5.74, 6) is 1.59. The van der Waals surface area contributed by atoms with Gasteiger partial charge in [0.15, 0.2) is 0 Å². The SMILES string of the molecule is Cc1noc(C)c1-c1cc(C(O)[C@@H]2CCC3(CC3)O2)c2nc(C3CC3)n(C(=O)OC(C)(C)C)c2c1. The van der Waals surface area contributed by atoms with Gasteiger partial charge in [-0.25, -0.2) is 14.3 Å². The molecule has 1 aliphatic heterocycles. The number of aryl methyl sites for hydroxylation is 2. The van der Waals surface area contributed by atoms with E-state index < -0.39 is 17.8 Å². The van der Waals surface area contributed by atoms with Crippen LogP contribution >= 0.6 is 0 Å². The van der Waals surface area contributed by atoms with Crippen LogP contribution in [-0.4, -0.2) is 43.2 Å². The molecule has 8 nitrogen and oxygen atoms in total. The molecule has 186 valence electrons. The van der Waals surface area contributed by atoms with Gasteiger partial charge in [0.05, 0.1) is 28.4 Å².